The molecule has 0 aliphatic carbocycles. The van der Waals surface area contributed by atoms with Gasteiger partial charge in [0.15, 0.2) is 15.6 Å². The Bertz CT molecular complexity index is 825. The van der Waals surface area contributed by atoms with Crippen LogP contribution in [0.4, 0.5) is 5.69 Å². The maximum Gasteiger partial charge on any atom is 0.287 e. The lowest BCUT2D eigenvalue weighted by molar-refractivity contribution is 0.0889. The van der Waals surface area contributed by atoms with E-state index in [-0.39, 0.29) is 17.3 Å². The quantitative estimate of drug-likeness (QED) is 0.815. The fraction of sp³-hybridized carbons (Fsp3) is 0.357. The number of carbonyl (C=O) groups is 1. The maximum absolute atomic E-state index is 12.2. The minimum atomic E-state index is -3.07. The first-order valence-electron chi connectivity index (χ1n) is 6.58. The Hall–Kier alpha value is -2.02. The van der Waals surface area contributed by atoms with Crippen molar-refractivity contribution in [1.29, 1.82) is 0 Å². The second-order valence-electron chi connectivity index (χ2n) is 5.76. The van der Waals surface area contributed by atoms with E-state index in [0.29, 0.717) is 17.7 Å². The summed E-state index contributed by atoms with van der Waals surface area (Å²) in [5.74, 6) is -0.204. The van der Waals surface area contributed by atoms with Gasteiger partial charge in [0.05, 0.1) is 17.0 Å². The molecule has 2 heterocycles. The highest BCUT2D eigenvalue weighted by atomic mass is 32.2. The van der Waals surface area contributed by atoms with Crippen LogP contribution in [0.25, 0.3) is 11.0 Å². The summed E-state index contributed by atoms with van der Waals surface area (Å²) < 4.78 is 28.6. The number of nitrogens with two attached hydrogens (primary N) is 1. The van der Waals surface area contributed by atoms with Gasteiger partial charge in [-0.25, -0.2) is 8.42 Å². The van der Waals surface area contributed by atoms with Crippen molar-refractivity contribution in [1.82, 2.24) is 5.32 Å². The van der Waals surface area contributed by atoms with Gasteiger partial charge in [0, 0.05) is 11.1 Å². The summed E-state index contributed by atoms with van der Waals surface area (Å²) in [5.41, 5.74) is 6.10. The van der Waals surface area contributed by atoms with Crippen LogP contribution in [0, 0.1) is 0 Å². The Kier molecular flexibility index (Phi) is 2.98. The SMILES string of the molecule is CC1(NC(=O)c2cc3cc(N)ccc3o2)CCS(=O)(=O)C1. The summed E-state index contributed by atoms with van der Waals surface area (Å²) in [7, 11) is -3.07. The number of nitrogen functional groups attached to an aromatic ring is 1. The molecular formula is C14H16N2O4S. The van der Waals surface area contributed by atoms with E-state index in [2.05, 4.69) is 5.32 Å². The Balaban J connectivity index is 1.84. The van der Waals surface area contributed by atoms with Crippen LogP contribution in [0.5, 0.6) is 0 Å². The van der Waals surface area contributed by atoms with Gasteiger partial charge >= 0.3 is 0 Å². The molecule has 7 heteroatoms. The predicted octanol–water partition coefficient (Wildman–Crippen LogP) is 1.32. The van der Waals surface area contributed by atoms with Gasteiger partial charge in [-0.1, -0.05) is 0 Å². The molecule has 1 aliphatic rings. The average molecular weight is 308 g/mol. The van der Waals surface area contributed by atoms with Crippen molar-refractivity contribution < 1.29 is 17.6 Å². The number of carbonyl (C=O) groups excluding carboxylic acids is 1. The van der Waals surface area contributed by atoms with Crippen LogP contribution in [-0.2, 0) is 9.84 Å². The molecule has 1 aromatic carbocycles. The summed E-state index contributed by atoms with van der Waals surface area (Å²) in [4.78, 5) is 12.2. The van der Waals surface area contributed by atoms with Crippen LogP contribution in [-0.4, -0.2) is 31.4 Å². The summed E-state index contributed by atoms with van der Waals surface area (Å²) in [6.07, 6.45) is 0.411. The number of hydrogen-bond acceptors (Lipinski definition) is 5. The highest BCUT2D eigenvalue weighted by molar-refractivity contribution is 7.91. The summed E-state index contributed by atoms with van der Waals surface area (Å²) in [5, 5.41) is 3.50. The third-order valence-corrected chi connectivity index (χ3v) is 5.59. The molecule has 3 rings (SSSR count). The molecule has 1 unspecified atom stereocenters. The van der Waals surface area contributed by atoms with E-state index in [0.717, 1.165) is 5.39 Å². The van der Waals surface area contributed by atoms with Gasteiger partial charge < -0.3 is 15.5 Å². The van der Waals surface area contributed by atoms with Gasteiger partial charge in [0.25, 0.3) is 5.91 Å². The zero-order chi connectivity index (χ0) is 15.3. The molecule has 1 amide bonds. The lowest BCUT2D eigenvalue weighted by atomic mass is 10.0. The lowest BCUT2D eigenvalue weighted by Crippen LogP contribution is -2.46. The molecule has 2 aromatic rings. The van der Waals surface area contributed by atoms with Crippen LogP contribution in [0.15, 0.2) is 28.7 Å². The number of hydrogen-bond donors (Lipinski definition) is 2. The number of furan rings is 1. The van der Waals surface area contributed by atoms with E-state index in [1.165, 1.54) is 0 Å². The molecule has 1 aliphatic heterocycles. The Morgan fingerprint density at radius 1 is 1.38 bits per heavy atom. The van der Waals surface area contributed by atoms with Crippen LogP contribution >= 0.6 is 0 Å². The van der Waals surface area contributed by atoms with Crippen molar-refractivity contribution in [3.8, 4) is 0 Å². The smallest absolute Gasteiger partial charge is 0.287 e. The first-order valence-corrected chi connectivity index (χ1v) is 8.41. The van der Waals surface area contributed by atoms with Crippen molar-refractivity contribution in [2.24, 2.45) is 0 Å². The molecule has 1 fully saturated rings. The Morgan fingerprint density at radius 3 is 2.81 bits per heavy atom. The molecule has 21 heavy (non-hydrogen) atoms. The highest BCUT2D eigenvalue weighted by Gasteiger charge is 2.40. The molecule has 6 nitrogen and oxygen atoms in total. The topological polar surface area (TPSA) is 102 Å². The van der Waals surface area contributed by atoms with Crippen molar-refractivity contribution in [2.75, 3.05) is 17.2 Å². The molecule has 3 N–H and O–H groups in total. The second kappa shape index (κ2) is 4.49. The largest absolute Gasteiger partial charge is 0.451 e. The second-order valence-corrected chi connectivity index (χ2v) is 7.95. The van der Waals surface area contributed by atoms with Crippen LogP contribution < -0.4 is 11.1 Å². The standard InChI is InChI=1S/C14H16N2O4S/c1-14(4-5-21(18,19)8-14)16-13(17)12-7-9-6-10(15)2-3-11(9)20-12/h2-3,6-7H,4-5,8,15H2,1H3,(H,16,17). The molecule has 0 radical (unpaired) electrons. The molecule has 0 bridgehead atoms. The van der Waals surface area contributed by atoms with Gasteiger partial charge in [-0.15, -0.1) is 0 Å². The molecule has 1 saturated heterocycles. The number of amides is 1. The zero-order valence-corrected chi connectivity index (χ0v) is 12.4. The van der Waals surface area contributed by atoms with E-state index < -0.39 is 21.3 Å². The van der Waals surface area contributed by atoms with E-state index in [1.54, 1.807) is 31.2 Å². The summed E-state index contributed by atoms with van der Waals surface area (Å²) >= 11 is 0. The van der Waals surface area contributed by atoms with Crippen molar-refractivity contribution in [3.63, 3.8) is 0 Å². The fourth-order valence-corrected chi connectivity index (χ4v) is 4.71. The van der Waals surface area contributed by atoms with Crippen molar-refractivity contribution >= 4 is 32.4 Å². The normalized spacial score (nSPS) is 24.2. The molecule has 1 atom stereocenters. The molecule has 112 valence electrons. The highest BCUT2D eigenvalue weighted by Crippen LogP contribution is 2.25. The third-order valence-electron chi connectivity index (χ3n) is 3.68. The van der Waals surface area contributed by atoms with Gasteiger partial charge in [-0.2, -0.15) is 0 Å². The van der Waals surface area contributed by atoms with E-state index in [9.17, 15) is 13.2 Å². The van der Waals surface area contributed by atoms with E-state index >= 15 is 0 Å². The first-order chi connectivity index (χ1) is 9.76. The van der Waals surface area contributed by atoms with Gasteiger partial charge in [0.2, 0.25) is 0 Å². The van der Waals surface area contributed by atoms with Crippen LogP contribution in [0.1, 0.15) is 23.9 Å². The van der Waals surface area contributed by atoms with Gasteiger partial charge in [-0.3, -0.25) is 4.79 Å². The molecule has 0 spiro atoms. The zero-order valence-electron chi connectivity index (χ0n) is 11.5. The van der Waals surface area contributed by atoms with Gasteiger partial charge in [-0.05, 0) is 37.6 Å². The summed E-state index contributed by atoms with van der Waals surface area (Å²) in [6.45, 7) is 1.73. The first kappa shape index (κ1) is 13.9. The maximum atomic E-state index is 12.2. The number of rotatable bonds is 2. The number of sulfone groups is 1. The number of nitrogens with one attached hydrogen (secondary N) is 1. The molecule has 1 aromatic heterocycles. The monoisotopic (exact) mass is 308 g/mol. The van der Waals surface area contributed by atoms with Crippen LogP contribution in [0.3, 0.4) is 0 Å². The minimum Gasteiger partial charge on any atom is -0.451 e. The van der Waals surface area contributed by atoms with E-state index in [4.69, 9.17) is 10.2 Å². The number of fused-ring (bicyclic) bond motifs is 1. The number of benzene rings is 1. The Labute approximate surface area is 122 Å². The van der Waals surface area contributed by atoms with E-state index in [1.807, 2.05) is 0 Å². The molecular weight excluding hydrogens is 292 g/mol. The lowest BCUT2D eigenvalue weighted by Gasteiger charge is -2.22. The summed E-state index contributed by atoms with van der Waals surface area (Å²) in [6, 6.07) is 6.72. The Morgan fingerprint density at radius 2 is 2.14 bits per heavy atom. The number of anilines is 1. The van der Waals surface area contributed by atoms with Crippen molar-refractivity contribution in [2.45, 2.75) is 18.9 Å². The molecule has 0 saturated carbocycles. The average Bonchev–Trinajstić information content (AvgIpc) is 2.90. The predicted molar refractivity (Wildman–Crippen MR) is 79.8 cm³/mol. The fourth-order valence-electron chi connectivity index (χ4n) is 2.62. The van der Waals surface area contributed by atoms with Gasteiger partial charge in [0.1, 0.15) is 5.58 Å². The van der Waals surface area contributed by atoms with Crippen molar-refractivity contribution in [3.05, 3.63) is 30.0 Å². The minimum absolute atomic E-state index is 0.0427. The third kappa shape index (κ3) is 2.73. The van der Waals surface area contributed by atoms with Crippen LogP contribution in [0.2, 0.25) is 0 Å².